The SMILES string of the molecule is CC(C)(C)OC(=O)NCC(=O)N1CCC(Nc2ccnc(Nc3ccc(S(N)(=O)=O)cc3)n2)CC1. The van der Waals surface area contributed by atoms with E-state index in [0.717, 1.165) is 12.8 Å². The molecule has 0 radical (unpaired) electrons. The molecule has 0 unspecified atom stereocenters. The van der Waals surface area contributed by atoms with Gasteiger partial charge in [-0.3, -0.25) is 4.79 Å². The Labute approximate surface area is 204 Å². The van der Waals surface area contributed by atoms with E-state index in [2.05, 4.69) is 25.9 Å². The molecule has 0 bridgehead atoms. The summed E-state index contributed by atoms with van der Waals surface area (Å²) in [7, 11) is -3.76. The van der Waals surface area contributed by atoms with E-state index in [-0.39, 0.29) is 23.4 Å². The molecule has 2 heterocycles. The molecule has 1 aliphatic rings. The van der Waals surface area contributed by atoms with Gasteiger partial charge < -0.3 is 25.6 Å². The van der Waals surface area contributed by atoms with Crippen molar-refractivity contribution in [3.05, 3.63) is 36.5 Å². The smallest absolute Gasteiger partial charge is 0.408 e. The number of amides is 2. The minimum absolute atomic E-state index is 0.0184. The summed E-state index contributed by atoms with van der Waals surface area (Å²) in [4.78, 5) is 34.5. The minimum Gasteiger partial charge on any atom is -0.444 e. The molecule has 12 nitrogen and oxygen atoms in total. The van der Waals surface area contributed by atoms with Crippen molar-refractivity contribution in [3.8, 4) is 0 Å². The van der Waals surface area contributed by atoms with E-state index in [9.17, 15) is 18.0 Å². The van der Waals surface area contributed by atoms with Crippen LogP contribution in [0.25, 0.3) is 0 Å². The van der Waals surface area contributed by atoms with Crippen LogP contribution in [-0.4, -0.2) is 66.6 Å². The first-order chi connectivity index (χ1) is 16.4. The van der Waals surface area contributed by atoms with Crippen LogP contribution in [0.3, 0.4) is 0 Å². The fourth-order valence-corrected chi connectivity index (χ4v) is 3.93. The minimum atomic E-state index is -3.76. The third-order valence-corrected chi connectivity index (χ3v) is 6.01. The van der Waals surface area contributed by atoms with Gasteiger partial charge in [-0.2, -0.15) is 4.98 Å². The predicted octanol–water partition coefficient (Wildman–Crippen LogP) is 1.80. The van der Waals surface area contributed by atoms with Crippen LogP contribution >= 0.6 is 0 Å². The second-order valence-corrected chi connectivity index (χ2v) is 10.7. The van der Waals surface area contributed by atoms with Gasteiger partial charge in [-0.25, -0.2) is 23.3 Å². The molecular formula is C22H31N7O5S. The monoisotopic (exact) mass is 505 g/mol. The standard InChI is InChI=1S/C22H31N7O5S/c1-22(2,3)34-21(31)25-14-19(30)29-12-9-16(10-13-29)26-18-8-11-24-20(28-18)27-15-4-6-17(7-5-15)35(23,32)33/h4-8,11,16H,9-10,12-14H2,1-3H3,(H,25,31)(H2,23,32,33)(H2,24,26,27,28). The highest BCUT2D eigenvalue weighted by molar-refractivity contribution is 7.89. The fourth-order valence-electron chi connectivity index (χ4n) is 3.41. The zero-order valence-electron chi connectivity index (χ0n) is 19.9. The number of hydrogen-bond donors (Lipinski definition) is 4. The lowest BCUT2D eigenvalue weighted by molar-refractivity contribution is -0.131. The predicted molar refractivity (Wildman–Crippen MR) is 131 cm³/mol. The van der Waals surface area contributed by atoms with Gasteiger partial charge in [0, 0.05) is 31.0 Å². The number of carbonyl (C=O) groups excluding carboxylic acids is 2. The molecule has 0 saturated carbocycles. The number of nitrogens with two attached hydrogens (primary N) is 1. The lowest BCUT2D eigenvalue weighted by atomic mass is 10.0. The first kappa shape index (κ1) is 26.2. The van der Waals surface area contributed by atoms with E-state index in [1.807, 2.05) is 0 Å². The Morgan fingerprint density at radius 3 is 2.40 bits per heavy atom. The Bertz CT molecular complexity index is 1140. The Morgan fingerprint density at radius 2 is 1.80 bits per heavy atom. The maximum absolute atomic E-state index is 12.4. The first-order valence-corrected chi connectivity index (χ1v) is 12.7. The van der Waals surface area contributed by atoms with Crippen LogP contribution in [0.5, 0.6) is 0 Å². The van der Waals surface area contributed by atoms with Crippen LogP contribution in [0.1, 0.15) is 33.6 Å². The molecule has 190 valence electrons. The lowest BCUT2D eigenvalue weighted by Gasteiger charge is -2.32. The number of ether oxygens (including phenoxy) is 1. The molecule has 1 aliphatic heterocycles. The van der Waals surface area contributed by atoms with Crippen molar-refractivity contribution in [2.75, 3.05) is 30.3 Å². The van der Waals surface area contributed by atoms with E-state index in [4.69, 9.17) is 9.88 Å². The van der Waals surface area contributed by atoms with E-state index in [0.29, 0.717) is 30.5 Å². The Hall–Kier alpha value is -3.45. The molecular weight excluding hydrogens is 474 g/mol. The second-order valence-electron chi connectivity index (χ2n) is 9.11. The first-order valence-electron chi connectivity index (χ1n) is 11.1. The van der Waals surface area contributed by atoms with Crippen molar-refractivity contribution in [3.63, 3.8) is 0 Å². The van der Waals surface area contributed by atoms with Crippen molar-refractivity contribution in [1.82, 2.24) is 20.2 Å². The molecule has 13 heteroatoms. The molecule has 5 N–H and O–H groups in total. The second kappa shape index (κ2) is 10.9. The maximum atomic E-state index is 12.4. The number of hydrogen-bond acceptors (Lipinski definition) is 9. The number of piperidine rings is 1. The molecule has 2 aromatic rings. The van der Waals surface area contributed by atoms with Crippen LogP contribution in [0, 0.1) is 0 Å². The number of carbonyl (C=O) groups is 2. The van der Waals surface area contributed by atoms with Gasteiger partial charge in [-0.15, -0.1) is 0 Å². The summed E-state index contributed by atoms with van der Waals surface area (Å²) in [5.41, 5.74) is -0.00685. The van der Waals surface area contributed by atoms with Crippen molar-refractivity contribution < 1.29 is 22.7 Å². The Balaban J connectivity index is 1.47. The fraction of sp³-hybridized carbons (Fsp3) is 0.455. The molecule has 0 atom stereocenters. The van der Waals surface area contributed by atoms with E-state index >= 15 is 0 Å². The van der Waals surface area contributed by atoms with Crippen molar-refractivity contribution in [1.29, 1.82) is 0 Å². The third-order valence-electron chi connectivity index (χ3n) is 5.08. The van der Waals surface area contributed by atoms with Crippen LogP contribution in [0.4, 0.5) is 22.2 Å². The number of nitrogens with one attached hydrogen (secondary N) is 3. The summed E-state index contributed by atoms with van der Waals surface area (Å²) in [6.45, 7) is 6.29. The van der Waals surface area contributed by atoms with Crippen LogP contribution in [0.15, 0.2) is 41.4 Å². The van der Waals surface area contributed by atoms with Gasteiger partial charge in [0.1, 0.15) is 18.0 Å². The number of aromatic nitrogens is 2. The summed E-state index contributed by atoms with van der Waals surface area (Å²) < 4.78 is 27.9. The number of rotatable bonds is 7. The summed E-state index contributed by atoms with van der Waals surface area (Å²) in [5.74, 6) is 0.815. The number of anilines is 3. The molecule has 1 aromatic heterocycles. The topological polar surface area (TPSA) is 169 Å². The number of likely N-dealkylation sites (tertiary alicyclic amines) is 1. The number of alkyl carbamates (subject to hydrolysis) is 1. The molecule has 0 aliphatic carbocycles. The summed E-state index contributed by atoms with van der Waals surface area (Å²) in [6, 6.07) is 7.82. The molecule has 1 saturated heterocycles. The largest absolute Gasteiger partial charge is 0.444 e. The molecule has 0 spiro atoms. The highest BCUT2D eigenvalue weighted by Gasteiger charge is 2.24. The van der Waals surface area contributed by atoms with Crippen molar-refractivity contribution >= 4 is 39.5 Å². The number of nitrogens with zero attached hydrogens (tertiary/aromatic N) is 3. The van der Waals surface area contributed by atoms with E-state index in [1.165, 1.54) is 12.1 Å². The van der Waals surface area contributed by atoms with Gasteiger partial charge in [0.2, 0.25) is 21.9 Å². The number of benzene rings is 1. The van der Waals surface area contributed by atoms with Gasteiger partial charge in [0.25, 0.3) is 0 Å². The zero-order chi connectivity index (χ0) is 25.6. The van der Waals surface area contributed by atoms with Gasteiger partial charge in [0.15, 0.2) is 0 Å². The van der Waals surface area contributed by atoms with E-state index < -0.39 is 21.7 Å². The highest BCUT2D eigenvalue weighted by Crippen LogP contribution is 2.19. The van der Waals surface area contributed by atoms with Crippen LogP contribution in [0.2, 0.25) is 0 Å². The van der Waals surface area contributed by atoms with Crippen molar-refractivity contribution in [2.45, 2.75) is 50.2 Å². The van der Waals surface area contributed by atoms with Gasteiger partial charge in [-0.05, 0) is 63.9 Å². The zero-order valence-corrected chi connectivity index (χ0v) is 20.8. The van der Waals surface area contributed by atoms with Gasteiger partial charge >= 0.3 is 6.09 Å². The summed E-state index contributed by atoms with van der Waals surface area (Å²) >= 11 is 0. The number of primary sulfonamides is 1. The Kier molecular flexibility index (Phi) is 8.12. The molecule has 2 amide bonds. The van der Waals surface area contributed by atoms with Crippen LogP contribution < -0.4 is 21.1 Å². The average Bonchev–Trinajstić information content (AvgIpc) is 2.77. The van der Waals surface area contributed by atoms with Crippen molar-refractivity contribution in [2.24, 2.45) is 5.14 Å². The summed E-state index contributed by atoms with van der Waals surface area (Å²) in [6.07, 6.45) is 2.44. The summed E-state index contributed by atoms with van der Waals surface area (Å²) in [5, 5.41) is 14.0. The molecule has 35 heavy (non-hydrogen) atoms. The molecule has 1 aromatic carbocycles. The van der Waals surface area contributed by atoms with Crippen LogP contribution in [-0.2, 0) is 19.6 Å². The van der Waals surface area contributed by atoms with E-state index in [1.54, 1.807) is 50.1 Å². The maximum Gasteiger partial charge on any atom is 0.408 e. The quantitative estimate of drug-likeness (QED) is 0.438. The average molecular weight is 506 g/mol. The molecule has 3 rings (SSSR count). The normalized spacial score (nSPS) is 14.8. The van der Waals surface area contributed by atoms with Gasteiger partial charge in [-0.1, -0.05) is 0 Å². The number of sulfonamides is 1. The highest BCUT2D eigenvalue weighted by atomic mass is 32.2. The Morgan fingerprint density at radius 1 is 1.14 bits per heavy atom. The molecule has 1 fully saturated rings. The lowest BCUT2D eigenvalue weighted by Crippen LogP contribution is -2.47. The third kappa shape index (κ3) is 8.37. The van der Waals surface area contributed by atoms with Gasteiger partial charge in [0.05, 0.1) is 4.90 Å².